The lowest BCUT2D eigenvalue weighted by molar-refractivity contribution is -0.274. The van der Waals surface area contributed by atoms with Gasteiger partial charge in [0.2, 0.25) is 0 Å². The van der Waals surface area contributed by atoms with E-state index in [4.69, 9.17) is 14.3 Å². The van der Waals surface area contributed by atoms with Crippen LogP contribution in [0.15, 0.2) is 36.6 Å². The van der Waals surface area contributed by atoms with Crippen LogP contribution in [0, 0.1) is 13.8 Å². The Morgan fingerprint density at radius 3 is 2.38 bits per heavy atom. The number of hydrogen-bond acceptors (Lipinski definition) is 6. The van der Waals surface area contributed by atoms with Gasteiger partial charge in [-0.3, -0.25) is 4.79 Å². The summed E-state index contributed by atoms with van der Waals surface area (Å²) in [6, 6.07) is 5.90. The lowest BCUT2D eigenvalue weighted by Gasteiger charge is -2.56. The molecule has 174 valence electrons. The van der Waals surface area contributed by atoms with Crippen molar-refractivity contribution in [3.8, 4) is 0 Å². The third kappa shape index (κ3) is 4.19. The molecule has 0 bridgehead atoms. The molecule has 1 aromatic rings. The first-order chi connectivity index (χ1) is 14.9. The van der Waals surface area contributed by atoms with Gasteiger partial charge in [-0.1, -0.05) is 36.4 Å². The summed E-state index contributed by atoms with van der Waals surface area (Å²) in [5.74, 6) is 0.0462. The molecule has 1 spiro atoms. The quantitative estimate of drug-likeness (QED) is 0.537. The Hall–Kier alpha value is -2.64. The molecule has 0 aromatic heterocycles. The van der Waals surface area contributed by atoms with Crippen LogP contribution >= 0.6 is 0 Å². The van der Waals surface area contributed by atoms with Gasteiger partial charge in [0.1, 0.15) is 12.1 Å². The second kappa shape index (κ2) is 8.37. The predicted octanol–water partition coefficient (Wildman–Crippen LogP) is 4.44. The van der Waals surface area contributed by atoms with E-state index in [1.807, 2.05) is 37.1 Å². The smallest absolute Gasteiger partial charge is 0.430 e. The molecular weight excluding hydrogens is 408 g/mol. The van der Waals surface area contributed by atoms with Crippen molar-refractivity contribution in [2.45, 2.75) is 71.0 Å². The van der Waals surface area contributed by atoms with E-state index in [0.717, 1.165) is 16.7 Å². The summed E-state index contributed by atoms with van der Waals surface area (Å²) in [7, 11) is 1.65. The number of ether oxygens (including phenoxy) is 2. The van der Waals surface area contributed by atoms with Gasteiger partial charge in [0, 0.05) is 11.1 Å². The van der Waals surface area contributed by atoms with Crippen LogP contribution in [0.3, 0.4) is 0 Å². The highest BCUT2D eigenvalue weighted by atomic mass is 16.7. The average Bonchev–Trinajstić information content (AvgIpc) is 2.90. The number of carbonyl (C=O) groups excluding carboxylic acids is 2. The molecule has 1 fully saturated rings. The fraction of sp³-hybridized carbons (Fsp3) is 0.520. The number of hydrogen-bond donors (Lipinski definition) is 1. The third-order valence-corrected chi connectivity index (χ3v) is 6.16. The Balaban J connectivity index is 2.21. The van der Waals surface area contributed by atoms with Crippen LogP contribution in [0.25, 0.3) is 5.57 Å². The van der Waals surface area contributed by atoms with E-state index in [2.05, 4.69) is 39.6 Å². The molecule has 1 amide bonds. The molecule has 2 aliphatic heterocycles. The zero-order valence-corrected chi connectivity index (χ0v) is 20.1. The maximum Gasteiger partial charge on any atom is 0.513 e. The summed E-state index contributed by atoms with van der Waals surface area (Å²) in [5, 5.41) is 5.13. The minimum absolute atomic E-state index is 0.0216. The first-order valence-corrected chi connectivity index (χ1v) is 10.8. The molecule has 2 aliphatic rings. The number of benzene rings is 1. The summed E-state index contributed by atoms with van der Waals surface area (Å²) >= 11 is 0. The molecule has 1 aromatic carbocycles. The van der Waals surface area contributed by atoms with Crippen LogP contribution in [0.4, 0.5) is 4.79 Å². The van der Waals surface area contributed by atoms with Gasteiger partial charge in [-0.15, -0.1) is 0 Å². The molecule has 3 rings (SSSR count). The van der Waals surface area contributed by atoms with E-state index in [0.29, 0.717) is 24.2 Å². The molecule has 0 unspecified atom stereocenters. The average molecular weight is 443 g/mol. The molecule has 0 atom stereocenters. The van der Waals surface area contributed by atoms with Crippen LogP contribution in [0.1, 0.15) is 57.2 Å². The number of nitrogens with one attached hydrogen (secondary N) is 1. The topological polar surface area (TPSA) is 77.1 Å². The largest absolute Gasteiger partial charge is 0.513 e. The Labute approximate surface area is 190 Å². The number of piperidine rings is 1. The van der Waals surface area contributed by atoms with Crippen molar-refractivity contribution >= 4 is 17.6 Å². The van der Waals surface area contributed by atoms with E-state index in [-0.39, 0.29) is 12.5 Å². The molecule has 7 nitrogen and oxygen atoms in total. The highest BCUT2D eigenvalue weighted by Crippen LogP contribution is 2.51. The Morgan fingerprint density at radius 2 is 1.81 bits per heavy atom. The summed E-state index contributed by atoms with van der Waals surface area (Å²) in [6.45, 7) is 15.7. The van der Waals surface area contributed by atoms with Crippen molar-refractivity contribution in [2.75, 3.05) is 13.7 Å². The fourth-order valence-corrected chi connectivity index (χ4v) is 5.56. The first-order valence-electron chi connectivity index (χ1n) is 10.8. The summed E-state index contributed by atoms with van der Waals surface area (Å²) in [6.07, 6.45) is 1.59. The third-order valence-electron chi connectivity index (χ3n) is 6.16. The van der Waals surface area contributed by atoms with Gasteiger partial charge < -0.3 is 19.6 Å². The van der Waals surface area contributed by atoms with Crippen molar-refractivity contribution in [3.63, 3.8) is 0 Å². The lowest BCUT2D eigenvalue weighted by Crippen LogP contribution is -2.68. The molecule has 32 heavy (non-hydrogen) atoms. The molecule has 1 saturated heterocycles. The van der Waals surface area contributed by atoms with Gasteiger partial charge >= 0.3 is 6.16 Å². The highest BCUT2D eigenvalue weighted by molar-refractivity contribution is 6.24. The Morgan fingerprint density at radius 1 is 1.19 bits per heavy atom. The zero-order valence-electron chi connectivity index (χ0n) is 20.1. The van der Waals surface area contributed by atoms with Crippen LogP contribution in [0.5, 0.6) is 0 Å². The van der Waals surface area contributed by atoms with E-state index in [9.17, 15) is 9.59 Å². The number of hydroxylamine groups is 2. The molecule has 0 saturated carbocycles. The summed E-state index contributed by atoms with van der Waals surface area (Å²) < 4.78 is 10.9. The van der Waals surface area contributed by atoms with Gasteiger partial charge in [0.25, 0.3) is 5.91 Å². The molecule has 7 heteroatoms. The van der Waals surface area contributed by atoms with Crippen molar-refractivity contribution < 1.29 is 23.9 Å². The SMILES string of the molecule is C=CCOC(=O)OC1=C(c2cc(C)ccc2C)C(=O)NC12CC(C)(C)N(OC)C(C)(C)C2. The maximum absolute atomic E-state index is 13.4. The van der Waals surface area contributed by atoms with Gasteiger partial charge in [-0.2, -0.15) is 5.06 Å². The fourth-order valence-electron chi connectivity index (χ4n) is 5.56. The highest BCUT2D eigenvalue weighted by Gasteiger charge is 2.60. The molecule has 2 heterocycles. The van der Waals surface area contributed by atoms with Gasteiger partial charge in [-0.05, 0) is 65.5 Å². The van der Waals surface area contributed by atoms with E-state index in [1.54, 1.807) is 7.11 Å². The molecule has 0 aliphatic carbocycles. The van der Waals surface area contributed by atoms with E-state index >= 15 is 0 Å². The minimum atomic E-state index is -0.891. The number of rotatable bonds is 5. The Bertz CT molecular complexity index is 959. The summed E-state index contributed by atoms with van der Waals surface area (Å²) in [4.78, 5) is 31.7. The number of aryl methyl sites for hydroxylation is 2. The minimum Gasteiger partial charge on any atom is -0.430 e. The van der Waals surface area contributed by atoms with E-state index < -0.39 is 22.8 Å². The van der Waals surface area contributed by atoms with E-state index in [1.165, 1.54) is 6.08 Å². The van der Waals surface area contributed by atoms with Crippen molar-refractivity contribution in [1.82, 2.24) is 10.4 Å². The second-order valence-electron chi connectivity index (χ2n) is 9.97. The lowest BCUT2D eigenvalue weighted by atomic mass is 9.69. The summed E-state index contributed by atoms with van der Waals surface area (Å²) in [5.41, 5.74) is 1.25. The van der Waals surface area contributed by atoms with Crippen molar-refractivity contribution in [1.29, 1.82) is 0 Å². The number of nitrogens with zero attached hydrogens (tertiary/aromatic N) is 1. The molecule has 1 N–H and O–H groups in total. The van der Waals surface area contributed by atoms with Crippen molar-refractivity contribution in [3.05, 3.63) is 53.3 Å². The van der Waals surface area contributed by atoms with Gasteiger partial charge in [0.05, 0.1) is 12.7 Å². The number of carbonyl (C=O) groups is 2. The predicted molar refractivity (Wildman–Crippen MR) is 123 cm³/mol. The van der Waals surface area contributed by atoms with Crippen molar-refractivity contribution in [2.24, 2.45) is 0 Å². The standard InChI is InChI=1S/C25H34N2O5/c1-9-12-31-22(29)32-20-19(18-13-16(2)10-11-17(18)3)21(28)26-25(20)14-23(4,5)27(30-8)24(6,7)15-25/h9-11,13H,1,12,14-15H2,2-8H3,(H,26,28). The van der Waals surface area contributed by atoms with Gasteiger partial charge in [-0.25, -0.2) is 4.79 Å². The zero-order chi connectivity index (χ0) is 23.9. The van der Waals surface area contributed by atoms with Crippen LogP contribution in [-0.4, -0.2) is 47.5 Å². The number of amides is 1. The monoisotopic (exact) mass is 442 g/mol. The molecular formula is C25H34N2O5. The second-order valence-corrected chi connectivity index (χ2v) is 9.97. The normalized spacial score (nSPS) is 21.4. The van der Waals surface area contributed by atoms with Crippen LogP contribution in [-0.2, 0) is 19.1 Å². The molecule has 0 radical (unpaired) electrons. The van der Waals surface area contributed by atoms with Crippen LogP contribution < -0.4 is 5.32 Å². The van der Waals surface area contributed by atoms with Gasteiger partial charge in [0.15, 0.2) is 5.76 Å². The first kappa shape index (κ1) is 24.0. The Kier molecular flexibility index (Phi) is 6.28. The maximum atomic E-state index is 13.4. The van der Waals surface area contributed by atoms with Crippen LogP contribution in [0.2, 0.25) is 0 Å².